The molecule has 3 aromatic rings. The minimum atomic E-state index is -1.19. The third kappa shape index (κ3) is 4.18. The molecule has 2 aromatic carbocycles. The molecule has 0 saturated carbocycles. The van der Waals surface area contributed by atoms with Gasteiger partial charge in [-0.25, -0.2) is 9.59 Å². The maximum absolute atomic E-state index is 12.7. The summed E-state index contributed by atoms with van der Waals surface area (Å²) < 4.78 is 15.4. The number of esters is 1. The SMILES string of the molecule is COCCNC(=O)c1cc2ccc(OC(=O)C(C)N3C(=O)c4ccccc4C3=O)cc2oc1=O. The number of carbonyl (C=O) groups excluding carboxylic acids is 4. The van der Waals surface area contributed by atoms with E-state index in [0.717, 1.165) is 4.90 Å². The van der Waals surface area contributed by atoms with Crippen LogP contribution >= 0.6 is 0 Å². The summed E-state index contributed by atoms with van der Waals surface area (Å²) in [4.78, 5) is 63.2. The molecule has 1 N–H and O–H groups in total. The minimum Gasteiger partial charge on any atom is -0.425 e. The molecule has 1 unspecified atom stereocenters. The molecule has 3 amide bonds. The number of fused-ring (bicyclic) bond motifs is 2. The zero-order valence-corrected chi connectivity index (χ0v) is 18.3. The van der Waals surface area contributed by atoms with Crippen molar-refractivity contribution in [3.63, 3.8) is 0 Å². The highest BCUT2D eigenvalue weighted by Crippen LogP contribution is 2.26. The van der Waals surface area contributed by atoms with Crippen LogP contribution in [-0.4, -0.2) is 54.9 Å². The van der Waals surface area contributed by atoms with Crippen LogP contribution in [0.15, 0.2) is 57.7 Å². The maximum Gasteiger partial charge on any atom is 0.349 e. The molecule has 1 atom stereocenters. The van der Waals surface area contributed by atoms with Crippen molar-refractivity contribution in [1.29, 1.82) is 0 Å². The van der Waals surface area contributed by atoms with E-state index in [0.29, 0.717) is 12.0 Å². The van der Waals surface area contributed by atoms with Gasteiger partial charge in [-0.1, -0.05) is 12.1 Å². The predicted octanol–water partition coefficient (Wildman–Crippen LogP) is 1.76. The van der Waals surface area contributed by atoms with Crippen molar-refractivity contribution in [2.24, 2.45) is 0 Å². The molecule has 1 aliphatic rings. The fourth-order valence-electron chi connectivity index (χ4n) is 3.54. The maximum atomic E-state index is 12.7. The second-order valence-electron chi connectivity index (χ2n) is 7.52. The number of imide groups is 1. The summed E-state index contributed by atoms with van der Waals surface area (Å²) in [5, 5.41) is 2.98. The number of nitrogens with zero attached hydrogens (tertiary/aromatic N) is 1. The van der Waals surface area contributed by atoms with Crippen LogP contribution in [0.5, 0.6) is 5.75 Å². The van der Waals surface area contributed by atoms with Gasteiger partial charge in [-0.15, -0.1) is 0 Å². The van der Waals surface area contributed by atoms with Gasteiger partial charge >= 0.3 is 11.6 Å². The molecule has 10 nitrogen and oxygen atoms in total. The number of carbonyl (C=O) groups is 4. The number of benzene rings is 2. The second-order valence-corrected chi connectivity index (χ2v) is 7.52. The van der Waals surface area contributed by atoms with Crippen LogP contribution in [0.25, 0.3) is 11.0 Å². The molecule has 1 aliphatic heterocycles. The molecule has 0 saturated heterocycles. The summed E-state index contributed by atoms with van der Waals surface area (Å²) in [7, 11) is 1.49. The Kier molecular flexibility index (Phi) is 6.24. The lowest BCUT2D eigenvalue weighted by Gasteiger charge is -2.20. The standard InChI is InChI=1S/C24H20N2O8/c1-13(26-21(28)16-5-3-4-6-17(16)22(26)29)23(30)33-15-8-7-14-11-18(20(27)25-9-10-32-2)24(31)34-19(14)12-15/h3-8,11-13H,9-10H2,1-2H3,(H,25,27). The first-order valence-corrected chi connectivity index (χ1v) is 10.4. The first-order chi connectivity index (χ1) is 16.3. The van der Waals surface area contributed by atoms with Gasteiger partial charge in [0, 0.05) is 25.1 Å². The molecule has 0 spiro atoms. The van der Waals surface area contributed by atoms with Gasteiger partial charge in [0.15, 0.2) is 0 Å². The fraction of sp³-hybridized carbons (Fsp3) is 0.208. The summed E-state index contributed by atoms with van der Waals surface area (Å²) >= 11 is 0. The van der Waals surface area contributed by atoms with E-state index in [4.69, 9.17) is 13.9 Å². The molecule has 2 heterocycles. The van der Waals surface area contributed by atoms with E-state index in [-0.39, 0.29) is 34.6 Å². The Bertz CT molecular complexity index is 1340. The quantitative estimate of drug-likeness (QED) is 0.184. The first kappa shape index (κ1) is 22.9. The summed E-state index contributed by atoms with van der Waals surface area (Å²) in [5.41, 5.74) is -0.488. The average Bonchev–Trinajstić information content (AvgIpc) is 3.08. The molecular weight excluding hydrogens is 444 g/mol. The number of ether oxygens (including phenoxy) is 2. The third-order valence-corrected chi connectivity index (χ3v) is 5.32. The molecule has 34 heavy (non-hydrogen) atoms. The second kappa shape index (κ2) is 9.28. The third-order valence-electron chi connectivity index (χ3n) is 5.32. The van der Waals surface area contributed by atoms with Crippen LogP contribution < -0.4 is 15.7 Å². The van der Waals surface area contributed by atoms with Gasteiger partial charge in [-0.2, -0.15) is 0 Å². The van der Waals surface area contributed by atoms with E-state index in [1.54, 1.807) is 12.1 Å². The van der Waals surface area contributed by atoms with Crippen molar-refractivity contribution in [3.05, 3.63) is 75.6 Å². The lowest BCUT2D eigenvalue weighted by Crippen LogP contribution is -2.44. The van der Waals surface area contributed by atoms with E-state index in [9.17, 15) is 24.0 Å². The topological polar surface area (TPSA) is 132 Å². The van der Waals surface area contributed by atoms with Gasteiger partial charge in [0.25, 0.3) is 17.7 Å². The molecule has 4 rings (SSSR count). The number of nitrogens with one attached hydrogen (secondary N) is 1. The predicted molar refractivity (Wildman–Crippen MR) is 119 cm³/mol. The van der Waals surface area contributed by atoms with Crippen molar-refractivity contribution >= 4 is 34.7 Å². The van der Waals surface area contributed by atoms with Crippen LogP contribution in [0.1, 0.15) is 38.0 Å². The van der Waals surface area contributed by atoms with Gasteiger partial charge in [-0.3, -0.25) is 19.3 Å². The Balaban J connectivity index is 1.51. The van der Waals surface area contributed by atoms with Crippen molar-refractivity contribution in [3.8, 4) is 5.75 Å². The van der Waals surface area contributed by atoms with Gasteiger partial charge in [0.2, 0.25) is 0 Å². The Morgan fingerprint density at radius 3 is 2.35 bits per heavy atom. The largest absolute Gasteiger partial charge is 0.425 e. The monoisotopic (exact) mass is 464 g/mol. The highest BCUT2D eigenvalue weighted by Gasteiger charge is 2.41. The van der Waals surface area contributed by atoms with Crippen molar-refractivity contribution < 1.29 is 33.1 Å². The minimum absolute atomic E-state index is 0.0430. The fourth-order valence-corrected chi connectivity index (χ4v) is 3.54. The summed E-state index contributed by atoms with van der Waals surface area (Å²) in [6.45, 7) is 1.91. The summed E-state index contributed by atoms with van der Waals surface area (Å²) in [5.74, 6) is -2.55. The van der Waals surface area contributed by atoms with Crippen molar-refractivity contribution in [2.75, 3.05) is 20.3 Å². The van der Waals surface area contributed by atoms with Crippen molar-refractivity contribution in [1.82, 2.24) is 10.2 Å². The highest BCUT2D eigenvalue weighted by molar-refractivity contribution is 6.22. The Morgan fingerprint density at radius 1 is 1.03 bits per heavy atom. The Morgan fingerprint density at radius 2 is 1.71 bits per heavy atom. The summed E-state index contributed by atoms with van der Waals surface area (Å²) in [6, 6.07) is 10.8. The number of hydrogen-bond donors (Lipinski definition) is 1. The van der Waals surface area contributed by atoms with E-state index in [2.05, 4.69) is 5.32 Å². The smallest absolute Gasteiger partial charge is 0.349 e. The van der Waals surface area contributed by atoms with Crippen LogP contribution in [-0.2, 0) is 9.53 Å². The van der Waals surface area contributed by atoms with Gasteiger partial charge < -0.3 is 19.2 Å². The molecule has 10 heteroatoms. The van der Waals surface area contributed by atoms with E-state index >= 15 is 0 Å². The Hall–Kier alpha value is -4.31. The highest BCUT2D eigenvalue weighted by atomic mass is 16.5. The van der Waals surface area contributed by atoms with E-state index < -0.39 is 35.4 Å². The zero-order valence-electron chi connectivity index (χ0n) is 18.3. The van der Waals surface area contributed by atoms with Gasteiger partial charge in [0.05, 0.1) is 17.7 Å². The first-order valence-electron chi connectivity index (χ1n) is 10.4. The van der Waals surface area contributed by atoms with Gasteiger partial charge in [0.1, 0.15) is 22.9 Å². The number of amides is 3. The molecule has 174 valence electrons. The van der Waals surface area contributed by atoms with Crippen molar-refractivity contribution in [2.45, 2.75) is 13.0 Å². The molecule has 0 bridgehead atoms. The Labute approximate surface area is 193 Å². The van der Waals surface area contributed by atoms with Crippen LogP contribution in [0.3, 0.4) is 0 Å². The molecule has 0 fully saturated rings. The van der Waals surface area contributed by atoms with Crippen LogP contribution in [0.2, 0.25) is 0 Å². The molecule has 0 radical (unpaired) electrons. The normalized spacial score (nSPS) is 13.6. The lowest BCUT2D eigenvalue weighted by atomic mass is 10.1. The molecule has 0 aliphatic carbocycles. The van der Waals surface area contributed by atoms with E-state index in [1.807, 2.05) is 0 Å². The average molecular weight is 464 g/mol. The van der Waals surface area contributed by atoms with Crippen LogP contribution in [0, 0.1) is 0 Å². The molecular formula is C24H20N2O8. The zero-order chi connectivity index (χ0) is 24.4. The van der Waals surface area contributed by atoms with Crippen LogP contribution in [0.4, 0.5) is 0 Å². The lowest BCUT2D eigenvalue weighted by molar-refractivity contribution is -0.138. The van der Waals surface area contributed by atoms with Gasteiger partial charge in [-0.05, 0) is 37.3 Å². The number of rotatable bonds is 7. The number of hydrogen-bond acceptors (Lipinski definition) is 8. The van der Waals surface area contributed by atoms with E-state index in [1.165, 1.54) is 50.4 Å². The molecule has 1 aromatic heterocycles. The number of methoxy groups -OCH3 is 1. The summed E-state index contributed by atoms with van der Waals surface area (Å²) in [6.07, 6.45) is 0.